The molecule has 17 nitrogen and oxygen atoms in total. The Morgan fingerprint density at radius 2 is 1.06 bits per heavy atom. The molecule has 4 heterocycles. The molecule has 0 bridgehead atoms. The third-order valence-corrected chi connectivity index (χ3v) is 8.73. The summed E-state index contributed by atoms with van der Waals surface area (Å²) < 4.78 is 32.7. The molecular weight excluding hydrogens is 656 g/mol. The molecule has 7 rings (SSSR count). The molecule has 17 heteroatoms. The highest BCUT2D eigenvalue weighted by Gasteiger charge is 2.54. The summed E-state index contributed by atoms with van der Waals surface area (Å²) in [5.74, 6) is -3.47. The van der Waals surface area contributed by atoms with Gasteiger partial charge in [0.25, 0.3) is 0 Å². The predicted octanol–water partition coefficient (Wildman–Crippen LogP) is -2.33. The molecular formula is C32H28O17. The highest BCUT2D eigenvalue weighted by molar-refractivity contribution is 5.97. The van der Waals surface area contributed by atoms with Gasteiger partial charge >= 0.3 is 17.9 Å². The van der Waals surface area contributed by atoms with Crippen molar-refractivity contribution in [1.29, 1.82) is 0 Å². The fourth-order valence-electron chi connectivity index (χ4n) is 6.22. The first-order chi connectivity index (χ1) is 23.3. The summed E-state index contributed by atoms with van der Waals surface area (Å²) >= 11 is 0. The molecule has 2 fully saturated rings. The first kappa shape index (κ1) is 33.0. The predicted molar refractivity (Wildman–Crippen MR) is 154 cm³/mol. The number of hydrogen-bond acceptors (Lipinski definition) is 17. The van der Waals surface area contributed by atoms with Crippen LogP contribution < -0.4 is 14.2 Å². The SMILES string of the molecule is O=C1OC2(c3ccc(OC(=O)[C@H]4O[C@@H](O)[C@H](O)[C@@H](O)[C@@H]4O)cc3Oc3cc(OC(=O)[C@H]4O[C@@H](O)[C@H](O)[C@@H](O)[C@@H]4O)ccc32)c2ccccc21. The second kappa shape index (κ2) is 12.1. The van der Waals surface area contributed by atoms with Crippen LogP contribution >= 0.6 is 0 Å². The van der Waals surface area contributed by atoms with Crippen molar-refractivity contribution >= 4 is 17.9 Å². The van der Waals surface area contributed by atoms with Crippen LogP contribution in [-0.2, 0) is 29.4 Å². The zero-order valence-electron chi connectivity index (χ0n) is 24.8. The van der Waals surface area contributed by atoms with Gasteiger partial charge in [-0.2, -0.15) is 0 Å². The van der Waals surface area contributed by atoms with Crippen LogP contribution in [-0.4, -0.2) is 120 Å². The lowest BCUT2D eigenvalue weighted by molar-refractivity contribution is -0.279. The highest BCUT2D eigenvalue weighted by Crippen LogP contribution is 2.57. The van der Waals surface area contributed by atoms with E-state index in [2.05, 4.69) is 0 Å². The fourth-order valence-corrected chi connectivity index (χ4v) is 6.22. The van der Waals surface area contributed by atoms with E-state index in [4.69, 9.17) is 28.4 Å². The second-order valence-corrected chi connectivity index (χ2v) is 11.7. The van der Waals surface area contributed by atoms with Crippen molar-refractivity contribution in [2.75, 3.05) is 0 Å². The number of esters is 3. The molecule has 8 N–H and O–H groups in total. The minimum atomic E-state index is -1.99. The van der Waals surface area contributed by atoms with E-state index in [1.807, 2.05) is 0 Å². The lowest BCUT2D eigenvalue weighted by atomic mass is 9.77. The van der Waals surface area contributed by atoms with Crippen molar-refractivity contribution in [2.24, 2.45) is 0 Å². The van der Waals surface area contributed by atoms with Gasteiger partial charge in [0, 0.05) is 28.8 Å². The van der Waals surface area contributed by atoms with Crippen molar-refractivity contribution < 1.29 is 83.7 Å². The number of ether oxygens (including phenoxy) is 6. The molecule has 4 aliphatic rings. The van der Waals surface area contributed by atoms with Crippen LogP contribution in [0, 0.1) is 0 Å². The summed E-state index contributed by atoms with van der Waals surface area (Å²) in [5.41, 5.74) is -0.336. The molecule has 258 valence electrons. The number of aliphatic hydroxyl groups excluding tert-OH is 8. The maximum absolute atomic E-state index is 13.2. The number of rotatable bonds is 4. The minimum Gasteiger partial charge on any atom is -0.456 e. The van der Waals surface area contributed by atoms with E-state index in [1.165, 1.54) is 36.4 Å². The van der Waals surface area contributed by atoms with Crippen LogP contribution in [0.4, 0.5) is 0 Å². The second-order valence-electron chi connectivity index (χ2n) is 11.7. The standard InChI is InChI=1S/C32H28O17/c33-19-21(35)25(47-28(40)23(19)37)30(42)44-11-5-7-15-17(9-11)46-18-10-12(45-31(43)26-22(36)20(34)24(38)29(41)48-26)6-8-16(18)32(15)14-4-2-1-3-13(14)27(39)49-32/h1-10,19-26,28-29,33-38,40-41H/t19-,20-,21-,22-,23+,24+,25-,26-,28+,29+/m0/s1. The van der Waals surface area contributed by atoms with Crippen molar-refractivity contribution in [3.05, 3.63) is 82.9 Å². The first-order valence-electron chi connectivity index (χ1n) is 14.8. The Kier molecular flexibility index (Phi) is 8.15. The molecule has 3 aromatic rings. The molecule has 0 aromatic heterocycles. The van der Waals surface area contributed by atoms with E-state index in [0.29, 0.717) is 16.7 Å². The van der Waals surface area contributed by atoms with Crippen LogP contribution in [0.2, 0.25) is 0 Å². The molecule has 0 radical (unpaired) electrons. The molecule has 0 aliphatic carbocycles. The monoisotopic (exact) mass is 684 g/mol. The number of carbonyl (C=O) groups is 3. The fraction of sp³-hybridized carbons (Fsp3) is 0.344. The van der Waals surface area contributed by atoms with Gasteiger partial charge < -0.3 is 69.3 Å². The lowest BCUT2D eigenvalue weighted by Gasteiger charge is -2.37. The van der Waals surface area contributed by atoms with Gasteiger partial charge in [0.15, 0.2) is 30.4 Å². The Labute approximate surface area is 274 Å². The van der Waals surface area contributed by atoms with Gasteiger partial charge in [-0.25, -0.2) is 14.4 Å². The van der Waals surface area contributed by atoms with Gasteiger partial charge in [0.1, 0.15) is 59.6 Å². The first-order valence-corrected chi connectivity index (χ1v) is 14.8. The Bertz CT molecular complexity index is 1730. The average Bonchev–Trinajstić information content (AvgIpc) is 3.38. The topological polar surface area (TPSA) is 268 Å². The maximum Gasteiger partial charge on any atom is 0.343 e. The summed E-state index contributed by atoms with van der Waals surface area (Å²) in [6.07, 6.45) is -19.2. The average molecular weight is 685 g/mol. The van der Waals surface area contributed by atoms with E-state index in [0.717, 1.165) is 0 Å². The van der Waals surface area contributed by atoms with Crippen molar-refractivity contribution in [2.45, 2.75) is 67.0 Å². The van der Waals surface area contributed by atoms with Gasteiger partial charge in [0.05, 0.1) is 5.56 Å². The van der Waals surface area contributed by atoms with Gasteiger partial charge in [-0.05, 0) is 30.3 Å². The van der Waals surface area contributed by atoms with Gasteiger partial charge in [-0.3, -0.25) is 0 Å². The van der Waals surface area contributed by atoms with E-state index in [-0.39, 0.29) is 28.6 Å². The smallest absolute Gasteiger partial charge is 0.343 e. The number of carbonyl (C=O) groups excluding carboxylic acids is 3. The van der Waals surface area contributed by atoms with Crippen molar-refractivity contribution in [1.82, 2.24) is 0 Å². The highest BCUT2D eigenvalue weighted by atomic mass is 16.7. The number of fused-ring (bicyclic) bond motifs is 6. The van der Waals surface area contributed by atoms with Gasteiger partial charge in [-0.1, -0.05) is 18.2 Å². The molecule has 3 aromatic carbocycles. The Balaban J connectivity index is 1.23. The van der Waals surface area contributed by atoms with Crippen LogP contribution in [0.5, 0.6) is 23.0 Å². The molecule has 2 saturated heterocycles. The van der Waals surface area contributed by atoms with E-state index in [9.17, 15) is 55.2 Å². The zero-order valence-corrected chi connectivity index (χ0v) is 24.8. The Morgan fingerprint density at radius 1 is 0.592 bits per heavy atom. The molecule has 4 aliphatic heterocycles. The third-order valence-electron chi connectivity index (χ3n) is 8.73. The zero-order chi connectivity index (χ0) is 34.9. The van der Waals surface area contributed by atoms with Crippen molar-refractivity contribution in [3.63, 3.8) is 0 Å². The molecule has 0 unspecified atom stereocenters. The summed E-state index contributed by atoms with van der Waals surface area (Å²) in [6, 6.07) is 14.7. The number of hydrogen-bond donors (Lipinski definition) is 8. The van der Waals surface area contributed by atoms with Gasteiger partial charge in [0.2, 0.25) is 0 Å². The number of aliphatic hydroxyl groups is 8. The largest absolute Gasteiger partial charge is 0.456 e. The van der Waals surface area contributed by atoms with Crippen molar-refractivity contribution in [3.8, 4) is 23.0 Å². The molecule has 1 spiro atoms. The Hall–Kier alpha value is -4.53. The van der Waals surface area contributed by atoms with Crippen LogP contribution in [0.25, 0.3) is 0 Å². The quantitative estimate of drug-likeness (QED) is 0.106. The third kappa shape index (κ3) is 5.24. The van der Waals surface area contributed by atoms with Gasteiger partial charge in [-0.15, -0.1) is 0 Å². The maximum atomic E-state index is 13.2. The summed E-state index contributed by atoms with van der Waals surface area (Å²) in [5, 5.41) is 79.5. The minimum absolute atomic E-state index is 0.00218. The van der Waals surface area contributed by atoms with E-state index in [1.54, 1.807) is 24.3 Å². The number of benzene rings is 3. The Morgan fingerprint density at radius 3 is 1.55 bits per heavy atom. The lowest BCUT2D eigenvalue weighted by Crippen LogP contribution is -2.60. The molecule has 0 amide bonds. The molecule has 0 saturated carbocycles. The van der Waals surface area contributed by atoms with Crippen LogP contribution in [0.1, 0.15) is 27.0 Å². The van der Waals surface area contributed by atoms with Crippen LogP contribution in [0.15, 0.2) is 60.7 Å². The molecule has 10 atom stereocenters. The van der Waals surface area contributed by atoms with Crippen LogP contribution in [0.3, 0.4) is 0 Å². The summed E-state index contributed by atoms with van der Waals surface area (Å²) in [6.45, 7) is 0. The normalized spacial score (nSPS) is 32.6. The van der Waals surface area contributed by atoms with E-state index >= 15 is 0 Å². The van der Waals surface area contributed by atoms with E-state index < -0.39 is 84.9 Å². The summed E-state index contributed by atoms with van der Waals surface area (Å²) in [4.78, 5) is 39.0. The summed E-state index contributed by atoms with van der Waals surface area (Å²) in [7, 11) is 0. The molecule has 49 heavy (non-hydrogen) atoms.